The maximum Gasteiger partial charge on any atom is 0.0900 e. The maximum atomic E-state index is 5.04. The fourth-order valence-electron chi connectivity index (χ4n) is 5.74. The van der Waals surface area contributed by atoms with Gasteiger partial charge in [-0.2, -0.15) is 0 Å². The molecular formula is C41H34N6. The highest BCUT2D eigenvalue weighted by atomic mass is 14.8. The lowest BCUT2D eigenvalue weighted by atomic mass is 9.94. The minimum Gasteiger partial charge on any atom is -0.255 e. The summed E-state index contributed by atoms with van der Waals surface area (Å²) in [5, 5.41) is 0. The Labute approximate surface area is 275 Å². The van der Waals surface area contributed by atoms with Gasteiger partial charge in [0.1, 0.15) is 0 Å². The topological polar surface area (TPSA) is 77.3 Å². The van der Waals surface area contributed by atoms with E-state index in [0.717, 1.165) is 95.6 Å². The predicted octanol–water partition coefficient (Wildman–Crippen LogP) is 9.60. The lowest BCUT2D eigenvalue weighted by Crippen LogP contribution is -1.96. The van der Waals surface area contributed by atoms with Crippen LogP contribution in [0.15, 0.2) is 116 Å². The standard InChI is InChI=1S/C41H34N6/c1-25-6-10-42-34(16-25)38-21-32(22-39(46-38)35-17-26(2)7-11-43-35)30-14-29(5)15-31(20-30)33-23-40(36-18-27(3)8-12-44-36)47-41(24-33)37-19-28(4)9-13-45-37/h6-24H,1-5H3. The van der Waals surface area contributed by atoms with Crippen LogP contribution >= 0.6 is 0 Å². The molecule has 6 heterocycles. The fraction of sp³-hybridized carbons (Fsp3) is 0.122. The quantitative estimate of drug-likeness (QED) is 0.187. The molecule has 0 spiro atoms. The summed E-state index contributed by atoms with van der Waals surface area (Å²) >= 11 is 0. The Morgan fingerprint density at radius 3 is 0.830 bits per heavy atom. The summed E-state index contributed by atoms with van der Waals surface area (Å²) in [5.41, 5.74) is 16.4. The molecule has 0 saturated heterocycles. The molecule has 0 N–H and O–H groups in total. The van der Waals surface area contributed by atoms with Crippen LogP contribution in [-0.2, 0) is 0 Å². The van der Waals surface area contributed by atoms with Gasteiger partial charge in [-0.1, -0.05) is 12.1 Å². The summed E-state index contributed by atoms with van der Waals surface area (Å²) in [6.07, 6.45) is 7.33. The molecule has 0 fully saturated rings. The van der Waals surface area contributed by atoms with Crippen LogP contribution in [0.3, 0.4) is 0 Å². The largest absolute Gasteiger partial charge is 0.255 e. The van der Waals surface area contributed by atoms with Gasteiger partial charge >= 0.3 is 0 Å². The maximum absolute atomic E-state index is 5.04. The van der Waals surface area contributed by atoms with Crippen molar-refractivity contribution in [1.82, 2.24) is 29.9 Å². The highest BCUT2D eigenvalue weighted by Gasteiger charge is 2.15. The molecule has 0 saturated carbocycles. The van der Waals surface area contributed by atoms with E-state index < -0.39 is 0 Å². The molecule has 6 nitrogen and oxygen atoms in total. The van der Waals surface area contributed by atoms with Gasteiger partial charge in [0.25, 0.3) is 0 Å². The first-order valence-corrected chi connectivity index (χ1v) is 15.7. The Hall–Kier alpha value is -5.88. The van der Waals surface area contributed by atoms with Crippen LogP contribution < -0.4 is 0 Å². The lowest BCUT2D eigenvalue weighted by molar-refractivity contribution is 1.20. The Balaban J connectivity index is 1.41. The van der Waals surface area contributed by atoms with Crippen LogP contribution in [0.4, 0.5) is 0 Å². The third-order valence-corrected chi connectivity index (χ3v) is 8.11. The first-order chi connectivity index (χ1) is 22.8. The number of pyridine rings is 6. The SMILES string of the molecule is Cc1cc(-c2cc(-c3cc(C)ccn3)nc(-c3cc(C)ccn3)c2)cc(-c2cc(-c3cc(C)ccn3)nc(-c3cc(C)ccn3)c2)c1. The number of hydrogen-bond donors (Lipinski definition) is 0. The van der Waals surface area contributed by atoms with Crippen molar-refractivity contribution in [2.45, 2.75) is 34.6 Å². The first-order valence-electron chi connectivity index (χ1n) is 15.7. The predicted molar refractivity (Wildman–Crippen MR) is 190 cm³/mol. The molecule has 6 aromatic heterocycles. The number of aryl methyl sites for hydroxylation is 5. The van der Waals surface area contributed by atoms with E-state index in [1.54, 1.807) is 0 Å². The normalized spacial score (nSPS) is 11.1. The number of rotatable bonds is 6. The van der Waals surface area contributed by atoms with E-state index >= 15 is 0 Å². The molecule has 0 bridgehead atoms. The Bertz CT molecular complexity index is 1990. The van der Waals surface area contributed by atoms with Crippen LogP contribution in [-0.4, -0.2) is 29.9 Å². The van der Waals surface area contributed by atoms with E-state index in [-0.39, 0.29) is 0 Å². The molecule has 0 atom stereocenters. The molecule has 0 aliphatic carbocycles. The zero-order valence-electron chi connectivity index (χ0n) is 27.2. The average molecular weight is 611 g/mol. The van der Waals surface area contributed by atoms with Gasteiger partial charge in [0.2, 0.25) is 0 Å². The van der Waals surface area contributed by atoms with E-state index in [2.05, 4.69) is 121 Å². The number of benzene rings is 1. The summed E-state index contributed by atoms with van der Waals surface area (Å²) in [6, 6.07) is 31.4. The molecule has 0 unspecified atom stereocenters. The van der Waals surface area contributed by atoms with Crippen molar-refractivity contribution in [3.63, 3.8) is 0 Å². The second kappa shape index (κ2) is 12.5. The minimum atomic E-state index is 0.803. The van der Waals surface area contributed by atoms with Crippen LogP contribution in [0, 0.1) is 34.6 Å². The lowest BCUT2D eigenvalue weighted by Gasteiger charge is -2.14. The van der Waals surface area contributed by atoms with Crippen molar-refractivity contribution in [2.24, 2.45) is 0 Å². The molecule has 228 valence electrons. The van der Waals surface area contributed by atoms with Gasteiger partial charge < -0.3 is 0 Å². The smallest absolute Gasteiger partial charge is 0.0900 e. The molecular weight excluding hydrogens is 576 g/mol. The molecule has 1 aromatic carbocycles. The average Bonchev–Trinajstić information content (AvgIpc) is 3.07. The highest BCUT2D eigenvalue weighted by molar-refractivity contribution is 5.81. The highest BCUT2D eigenvalue weighted by Crippen LogP contribution is 2.35. The van der Waals surface area contributed by atoms with Crippen LogP contribution in [0.25, 0.3) is 67.8 Å². The number of aromatic nitrogens is 6. The zero-order chi connectivity index (χ0) is 32.5. The molecule has 0 aliphatic rings. The van der Waals surface area contributed by atoms with Gasteiger partial charge in [-0.25, -0.2) is 9.97 Å². The number of nitrogens with zero attached hydrogens (tertiary/aromatic N) is 6. The summed E-state index contributed by atoms with van der Waals surface area (Å²) in [7, 11) is 0. The van der Waals surface area contributed by atoms with Crippen molar-refractivity contribution in [2.75, 3.05) is 0 Å². The molecule has 47 heavy (non-hydrogen) atoms. The van der Waals surface area contributed by atoms with Crippen LogP contribution in [0.5, 0.6) is 0 Å². The minimum absolute atomic E-state index is 0.803. The molecule has 6 heteroatoms. The number of hydrogen-bond acceptors (Lipinski definition) is 6. The summed E-state index contributed by atoms with van der Waals surface area (Å²) in [6.45, 7) is 10.4. The van der Waals surface area contributed by atoms with Crippen molar-refractivity contribution in [3.05, 3.63) is 144 Å². The third kappa shape index (κ3) is 6.58. The second-order valence-corrected chi connectivity index (χ2v) is 12.2. The Kier molecular flexibility index (Phi) is 7.92. The fourth-order valence-corrected chi connectivity index (χ4v) is 5.74. The molecule has 7 rings (SSSR count). The van der Waals surface area contributed by atoms with Crippen molar-refractivity contribution in [1.29, 1.82) is 0 Å². The molecule has 0 aliphatic heterocycles. The first kappa shape index (κ1) is 29.8. The molecule has 7 aromatic rings. The van der Waals surface area contributed by atoms with Crippen LogP contribution in [0.2, 0.25) is 0 Å². The second-order valence-electron chi connectivity index (χ2n) is 12.2. The van der Waals surface area contributed by atoms with Gasteiger partial charge in [-0.3, -0.25) is 19.9 Å². The van der Waals surface area contributed by atoms with Crippen molar-refractivity contribution >= 4 is 0 Å². The third-order valence-electron chi connectivity index (χ3n) is 8.11. The molecule has 0 radical (unpaired) electrons. The van der Waals surface area contributed by atoms with Gasteiger partial charge in [0.05, 0.1) is 45.6 Å². The van der Waals surface area contributed by atoms with E-state index in [0.29, 0.717) is 0 Å². The van der Waals surface area contributed by atoms with Gasteiger partial charge in [0.15, 0.2) is 0 Å². The van der Waals surface area contributed by atoms with Crippen molar-refractivity contribution < 1.29 is 0 Å². The zero-order valence-corrected chi connectivity index (χ0v) is 27.2. The van der Waals surface area contributed by atoms with E-state index in [9.17, 15) is 0 Å². The van der Waals surface area contributed by atoms with E-state index in [1.807, 2.05) is 49.1 Å². The Morgan fingerprint density at radius 2 is 0.553 bits per heavy atom. The van der Waals surface area contributed by atoms with E-state index in [4.69, 9.17) is 9.97 Å². The van der Waals surface area contributed by atoms with Crippen LogP contribution in [0.1, 0.15) is 27.8 Å². The van der Waals surface area contributed by atoms with Crippen molar-refractivity contribution in [3.8, 4) is 67.8 Å². The Morgan fingerprint density at radius 1 is 0.277 bits per heavy atom. The summed E-state index contributed by atoms with van der Waals surface area (Å²) in [4.78, 5) is 28.8. The molecule has 0 amide bonds. The van der Waals surface area contributed by atoms with E-state index in [1.165, 1.54) is 0 Å². The van der Waals surface area contributed by atoms with Gasteiger partial charge in [0, 0.05) is 24.8 Å². The summed E-state index contributed by atoms with van der Waals surface area (Å²) in [5.74, 6) is 0. The summed E-state index contributed by atoms with van der Waals surface area (Å²) < 4.78 is 0. The van der Waals surface area contributed by atoms with Gasteiger partial charge in [-0.05, 0) is 164 Å². The monoisotopic (exact) mass is 610 g/mol. The van der Waals surface area contributed by atoms with Gasteiger partial charge in [-0.15, -0.1) is 0 Å².